The number of nitrogens with zero attached hydrogens (tertiary/aromatic N) is 2. The Bertz CT molecular complexity index is 367. The number of likely N-dealkylation sites (tertiary alicyclic amines) is 1. The van der Waals surface area contributed by atoms with Gasteiger partial charge in [-0.15, -0.1) is 11.3 Å². The van der Waals surface area contributed by atoms with Gasteiger partial charge in [0.2, 0.25) is 0 Å². The molecule has 1 aromatic rings. The number of piperidine rings is 2. The first-order valence-electron chi connectivity index (χ1n) is 5.71. The Labute approximate surface area is 98.7 Å². The summed E-state index contributed by atoms with van der Waals surface area (Å²) >= 11 is 1.43. The third-order valence-electron chi connectivity index (χ3n) is 3.42. The average Bonchev–Trinajstić information content (AvgIpc) is 2.81. The van der Waals surface area contributed by atoms with Crippen LogP contribution in [-0.4, -0.2) is 42.0 Å². The van der Waals surface area contributed by atoms with E-state index in [4.69, 9.17) is 0 Å². The van der Waals surface area contributed by atoms with Crippen molar-refractivity contribution < 1.29 is 4.79 Å². The number of carbonyl (C=O) groups is 1. The number of carbonyl (C=O) groups excluding carboxylic acids is 1. The summed E-state index contributed by atoms with van der Waals surface area (Å²) in [6.45, 7) is 3.92. The molecule has 1 aromatic heterocycles. The molecule has 3 rings (SSSR count). The van der Waals surface area contributed by atoms with Crippen LogP contribution in [0.3, 0.4) is 0 Å². The quantitative estimate of drug-likeness (QED) is 0.786. The summed E-state index contributed by atoms with van der Waals surface area (Å²) in [7, 11) is 0. The van der Waals surface area contributed by atoms with E-state index in [2.05, 4.69) is 10.3 Å². The number of hydrogen-bond donors (Lipinski definition) is 1. The summed E-state index contributed by atoms with van der Waals surface area (Å²) in [4.78, 5) is 18.9. The molecule has 0 aliphatic carbocycles. The number of rotatable bonds is 1. The number of amides is 1. The Morgan fingerprint density at radius 3 is 2.81 bits per heavy atom. The van der Waals surface area contributed by atoms with Crippen LogP contribution in [0.4, 0.5) is 0 Å². The van der Waals surface area contributed by atoms with Gasteiger partial charge in [-0.25, -0.2) is 0 Å². The van der Waals surface area contributed by atoms with E-state index in [1.54, 1.807) is 11.7 Å². The maximum absolute atomic E-state index is 12.2. The highest BCUT2D eigenvalue weighted by atomic mass is 32.1. The molecule has 0 aromatic carbocycles. The van der Waals surface area contributed by atoms with E-state index >= 15 is 0 Å². The molecule has 0 saturated carbocycles. The van der Waals surface area contributed by atoms with Crippen LogP contribution in [0.5, 0.6) is 0 Å². The largest absolute Gasteiger partial charge is 0.337 e. The third-order valence-corrected chi connectivity index (χ3v) is 4.18. The molecule has 2 bridgehead atoms. The average molecular weight is 237 g/mol. The lowest BCUT2D eigenvalue weighted by Gasteiger charge is -2.41. The second-order valence-corrected chi connectivity index (χ2v) is 5.59. The van der Waals surface area contributed by atoms with Crippen molar-refractivity contribution in [2.45, 2.75) is 6.42 Å². The first-order valence-corrected chi connectivity index (χ1v) is 6.59. The molecular weight excluding hydrogens is 222 g/mol. The van der Waals surface area contributed by atoms with Crippen LogP contribution in [0, 0.1) is 11.8 Å². The van der Waals surface area contributed by atoms with Gasteiger partial charge in [0.1, 0.15) is 4.88 Å². The number of hydrogen-bond acceptors (Lipinski definition) is 4. The van der Waals surface area contributed by atoms with Crippen LogP contribution in [0.25, 0.3) is 0 Å². The maximum atomic E-state index is 12.2. The summed E-state index contributed by atoms with van der Waals surface area (Å²) in [5, 5.41) is 3.43. The minimum atomic E-state index is 0.166. The SMILES string of the molecule is O=C(c1cncs1)N1CC2CNCC(C2)C1. The Kier molecular flexibility index (Phi) is 2.65. The molecule has 2 saturated heterocycles. The van der Waals surface area contributed by atoms with E-state index in [1.807, 2.05) is 4.90 Å². The number of thiazole rings is 1. The van der Waals surface area contributed by atoms with Crippen molar-refractivity contribution in [1.82, 2.24) is 15.2 Å². The van der Waals surface area contributed by atoms with Crippen molar-refractivity contribution in [2.75, 3.05) is 26.2 Å². The molecule has 2 unspecified atom stereocenters. The second-order valence-electron chi connectivity index (χ2n) is 4.70. The lowest BCUT2D eigenvalue weighted by molar-refractivity contribution is 0.0542. The van der Waals surface area contributed by atoms with E-state index in [0.29, 0.717) is 11.8 Å². The zero-order valence-electron chi connectivity index (χ0n) is 9.06. The predicted molar refractivity (Wildman–Crippen MR) is 62.5 cm³/mol. The van der Waals surface area contributed by atoms with Crippen LogP contribution in [0.1, 0.15) is 16.1 Å². The molecule has 86 valence electrons. The zero-order chi connectivity index (χ0) is 11.0. The number of fused-ring (bicyclic) bond motifs is 2. The summed E-state index contributed by atoms with van der Waals surface area (Å²) < 4.78 is 0. The van der Waals surface area contributed by atoms with Crippen molar-refractivity contribution in [1.29, 1.82) is 0 Å². The number of aromatic nitrogens is 1. The lowest BCUT2D eigenvalue weighted by Crippen LogP contribution is -2.52. The molecule has 3 heterocycles. The van der Waals surface area contributed by atoms with Gasteiger partial charge in [0.25, 0.3) is 5.91 Å². The highest BCUT2D eigenvalue weighted by molar-refractivity contribution is 7.11. The molecule has 0 spiro atoms. The van der Waals surface area contributed by atoms with Crippen LogP contribution in [0.15, 0.2) is 11.7 Å². The van der Waals surface area contributed by atoms with Crippen molar-refractivity contribution in [3.8, 4) is 0 Å². The Balaban J connectivity index is 1.73. The Morgan fingerprint density at radius 1 is 1.44 bits per heavy atom. The first kappa shape index (κ1) is 10.2. The zero-order valence-corrected chi connectivity index (χ0v) is 9.87. The molecule has 5 heteroatoms. The highest BCUT2D eigenvalue weighted by Crippen LogP contribution is 2.26. The summed E-state index contributed by atoms with van der Waals surface area (Å²) in [5.74, 6) is 1.45. The van der Waals surface area contributed by atoms with Gasteiger partial charge < -0.3 is 10.2 Å². The van der Waals surface area contributed by atoms with Gasteiger partial charge in [0.15, 0.2) is 0 Å². The van der Waals surface area contributed by atoms with Gasteiger partial charge in [-0.3, -0.25) is 9.78 Å². The fraction of sp³-hybridized carbons (Fsp3) is 0.636. The van der Waals surface area contributed by atoms with Gasteiger partial charge in [0, 0.05) is 13.1 Å². The maximum Gasteiger partial charge on any atom is 0.265 e. The highest BCUT2D eigenvalue weighted by Gasteiger charge is 2.33. The van der Waals surface area contributed by atoms with Crippen molar-refractivity contribution in [2.24, 2.45) is 11.8 Å². The summed E-state index contributed by atoms with van der Waals surface area (Å²) in [5.41, 5.74) is 1.72. The van der Waals surface area contributed by atoms with Gasteiger partial charge >= 0.3 is 0 Å². The van der Waals surface area contributed by atoms with Gasteiger partial charge in [-0.2, -0.15) is 0 Å². The summed E-state index contributed by atoms with van der Waals surface area (Å²) in [6, 6.07) is 0. The van der Waals surface area contributed by atoms with Gasteiger partial charge in [-0.1, -0.05) is 0 Å². The molecule has 0 radical (unpaired) electrons. The Hall–Kier alpha value is -0.940. The van der Waals surface area contributed by atoms with Gasteiger partial charge in [-0.05, 0) is 31.3 Å². The molecular formula is C11H15N3OS. The molecule has 2 aliphatic heterocycles. The van der Waals surface area contributed by atoms with E-state index in [-0.39, 0.29) is 5.91 Å². The topological polar surface area (TPSA) is 45.2 Å². The second kappa shape index (κ2) is 4.14. The van der Waals surface area contributed by atoms with Crippen LogP contribution in [0.2, 0.25) is 0 Å². The monoisotopic (exact) mass is 237 g/mol. The molecule has 2 aliphatic rings. The Morgan fingerprint density at radius 2 is 2.19 bits per heavy atom. The van der Waals surface area contributed by atoms with E-state index in [0.717, 1.165) is 31.1 Å². The first-order chi connectivity index (χ1) is 7.83. The van der Waals surface area contributed by atoms with Crippen LogP contribution in [-0.2, 0) is 0 Å². The van der Waals surface area contributed by atoms with E-state index < -0.39 is 0 Å². The van der Waals surface area contributed by atoms with Gasteiger partial charge in [0.05, 0.1) is 11.7 Å². The molecule has 1 N–H and O–H groups in total. The predicted octanol–water partition coefficient (Wildman–Crippen LogP) is 0.825. The smallest absolute Gasteiger partial charge is 0.265 e. The standard InChI is InChI=1S/C11H15N3OS/c15-11(10-4-13-7-16-10)14-5-8-1-9(6-14)3-12-2-8/h4,7-9,12H,1-3,5-6H2. The molecule has 2 atom stereocenters. The number of nitrogens with one attached hydrogen (secondary N) is 1. The van der Waals surface area contributed by atoms with E-state index in [9.17, 15) is 4.79 Å². The van der Waals surface area contributed by atoms with Crippen molar-refractivity contribution >= 4 is 17.2 Å². The lowest BCUT2D eigenvalue weighted by atomic mass is 9.86. The van der Waals surface area contributed by atoms with Crippen LogP contribution < -0.4 is 5.32 Å². The molecule has 1 amide bonds. The van der Waals surface area contributed by atoms with Crippen molar-refractivity contribution in [3.05, 3.63) is 16.6 Å². The molecule has 16 heavy (non-hydrogen) atoms. The molecule has 4 nitrogen and oxygen atoms in total. The minimum Gasteiger partial charge on any atom is -0.337 e. The fourth-order valence-corrected chi connectivity index (χ4v) is 3.34. The van der Waals surface area contributed by atoms with Crippen molar-refractivity contribution in [3.63, 3.8) is 0 Å². The molecule has 2 fully saturated rings. The normalized spacial score (nSPS) is 29.1. The van der Waals surface area contributed by atoms with E-state index in [1.165, 1.54) is 17.8 Å². The minimum absolute atomic E-state index is 0.166. The summed E-state index contributed by atoms with van der Waals surface area (Å²) in [6.07, 6.45) is 2.95. The fourth-order valence-electron chi connectivity index (χ4n) is 2.75. The van der Waals surface area contributed by atoms with Crippen LogP contribution >= 0.6 is 11.3 Å². The third kappa shape index (κ3) is 1.85.